The summed E-state index contributed by atoms with van der Waals surface area (Å²) in [5.74, 6) is -0.716. The van der Waals surface area contributed by atoms with E-state index in [1.54, 1.807) is 18.2 Å². The fourth-order valence-electron chi connectivity index (χ4n) is 3.25. The molecule has 2 aromatic carbocycles. The van der Waals surface area contributed by atoms with Gasteiger partial charge < -0.3 is 16.0 Å². The number of nitrogens with two attached hydrogens (primary N) is 1. The first-order chi connectivity index (χ1) is 12.0. The molecular formula is C19H21ClFN3O. The monoisotopic (exact) mass is 361 g/mol. The molecule has 1 atom stereocenters. The number of para-hydroxylation sites is 1. The Kier molecular flexibility index (Phi) is 5.25. The summed E-state index contributed by atoms with van der Waals surface area (Å²) in [6.45, 7) is 3.74. The highest BCUT2D eigenvalue weighted by Gasteiger charge is 2.25. The molecule has 1 fully saturated rings. The van der Waals surface area contributed by atoms with Crippen LogP contribution in [0.1, 0.15) is 27.9 Å². The first-order valence-electron chi connectivity index (χ1n) is 8.27. The summed E-state index contributed by atoms with van der Waals surface area (Å²) >= 11 is 6.16. The average Bonchev–Trinajstić information content (AvgIpc) is 3.02. The van der Waals surface area contributed by atoms with E-state index in [4.69, 9.17) is 17.3 Å². The third kappa shape index (κ3) is 3.94. The van der Waals surface area contributed by atoms with Gasteiger partial charge in [0.15, 0.2) is 0 Å². The predicted molar refractivity (Wildman–Crippen MR) is 98.6 cm³/mol. The second-order valence-corrected chi connectivity index (χ2v) is 6.81. The van der Waals surface area contributed by atoms with Gasteiger partial charge >= 0.3 is 0 Å². The Hall–Kier alpha value is -2.11. The van der Waals surface area contributed by atoms with E-state index in [1.165, 1.54) is 6.07 Å². The van der Waals surface area contributed by atoms with Gasteiger partial charge in [0, 0.05) is 41.9 Å². The Morgan fingerprint density at radius 1 is 1.40 bits per heavy atom. The van der Waals surface area contributed by atoms with E-state index in [0.29, 0.717) is 22.7 Å². The van der Waals surface area contributed by atoms with Crippen molar-refractivity contribution in [3.8, 4) is 0 Å². The average molecular weight is 362 g/mol. The number of aryl methyl sites for hydroxylation is 1. The Balaban J connectivity index is 1.66. The Morgan fingerprint density at radius 2 is 2.16 bits per heavy atom. The molecule has 3 N–H and O–H groups in total. The summed E-state index contributed by atoms with van der Waals surface area (Å²) in [7, 11) is 0. The normalized spacial score (nSPS) is 17.1. The smallest absolute Gasteiger partial charge is 0.250 e. The van der Waals surface area contributed by atoms with E-state index < -0.39 is 5.91 Å². The van der Waals surface area contributed by atoms with Crippen LogP contribution in [0.4, 0.5) is 10.1 Å². The second-order valence-electron chi connectivity index (χ2n) is 6.40. The highest BCUT2D eigenvalue weighted by Crippen LogP contribution is 2.25. The van der Waals surface area contributed by atoms with Crippen LogP contribution < -0.4 is 16.0 Å². The van der Waals surface area contributed by atoms with Crippen molar-refractivity contribution in [3.05, 3.63) is 63.9 Å². The number of hydrogen-bond acceptors (Lipinski definition) is 3. The molecule has 1 aliphatic heterocycles. The molecule has 0 bridgehead atoms. The molecular weight excluding hydrogens is 341 g/mol. The number of rotatable bonds is 5. The minimum Gasteiger partial charge on any atom is -0.369 e. The standard InChI is InChI=1S/C19H21ClFN3O/c1-12-8-16(20)15(17(21)9-12)10-23-13-6-7-24(11-13)18-5-3-2-4-14(18)19(22)25/h2-5,8-9,13,23H,6-7,10-11H2,1H3,(H2,22,25). The zero-order valence-electron chi connectivity index (χ0n) is 14.1. The lowest BCUT2D eigenvalue weighted by Crippen LogP contribution is -2.33. The summed E-state index contributed by atoms with van der Waals surface area (Å²) < 4.78 is 14.1. The topological polar surface area (TPSA) is 58.4 Å². The van der Waals surface area contributed by atoms with Gasteiger partial charge in [-0.1, -0.05) is 23.7 Å². The third-order valence-electron chi connectivity index (χ3n) is 4.55. The van der Waals surface area contributed by atoms with E-state index in [9.17, 15) is 9.18 Å². The van der Waals surface area contributed by atoms with Crippen LogP contribution in [0.25, 0.3) is 0 Å². The Labute approximate surface area is 151 Å². The van der Waals surface area contributed by atoms with Gasteiger partial charge in [-0.2, -0.15) is 0 Å². The highest BCUT2D eigenvalue weighted by atomic mass is 35.5. The van der Waals surface area contributed by atoms with Gasteiger partial charge in [-0.05, 0) is 43.2 Å². The number of carbonyl (C=O) groups is 1. The fourth-order valence-corrected chi connectivity index (χ4v) is 3.58. The second kappa shape index (κ2) is 7.42. The van der Waals surface area contributed by atoms with Crippen LogP contribution in [0.15, 0.2) is 36.4 Å². The molecule has 2 aromatic rings. The number of primary amides is 1. The van der Waals surface area contributed by atoms with Gasteiger partial charge in [-0.25, -0.2) is 4.39 Å². The summed E-state index contributed by atoms with van der Waals surface area (Å²) in [6.07, 6.45) is 0.901. The van der Waals surface area contributed by atoms with Crippen LogP contribution in [0.2, 0.25) is 5.02 Å². The molecule has 0 aromatic heterocycles. The van der Waals surface area contributed by atoms with Crippen LogP contribution in [-0.2, 0) is 6.54 Å². The van der Waals surface area contributed by atoms with Gasteiger partial charge in [0.2, 0.25) is 0 Å². The van der Waals surface area contributed by atoms with Crippen LogP contribution in [-0.4, -0.2) is 25.0 Å². The van der Waals surface area contributed by atoms with Crippen LogP contribution in [0, 0.1) is 12.7 Å². The maximum atomic E-state index is 14.1. The Morgan fingerprint density at radius 3 is 2.88 bits per heavy atom. The summed E-state index contributed by atoms with van der Waals surface area (Å²) in [6, 6.07) is 10.8. The van der Waals surface area contributed by atoms with Crippen LogP contribution >= 0.6 is 11.6 Å². The molecule has 4 nitrogen and oxygen atoms in total. The molecule has 1 unspecified atom stereocenters. The van der Waals surface area contributed by atoms with Gasteiger partial charge in [-0.15, -0.1) is 0 Å². The predicted octanol–water partition coefficient (Wildman–Crippen LogP) is 3.25. The minimum atomic E-state index is -0.430. The molecule has 0 aliphatic carbocycles. The van der Waals surface area contributed by atoms with E-state index in [1.807, 2.05) is 19.1 Å². The largest absolute Gasteiger partial charge is 0.369 e. The molecule has 1 aliphatic rings. The van der Waals surface area contributed by atoms with Crippen LogP contribution in [0.3, 0.4) is 0 Å². The quantitative estimate of drug-likeness (QED) is 0.859. The van der Waals surface area contributed by atoms with Crippen molar-refractivity contribution < 1.29 is 9.18 Å². The van der Waals surface area contributed by atoms with Crippen LogP contribution in [0.5, 0.6) is 0 Å². The minimum absolute atomic E-state index is 0.192. The number of halogens is 2. The van der Waals surface area contributed by atoms with E-state index in [2.05, 4.69) is 10.2 Å². The summed E-state index contributed by atoms with van der Waals surface area (Å²) in [5, 5.41) is 3.81. The lowest BCUT2D eigenvalue weighted by molar-refractivity contribution is 0.100. The van der Waals surface area contributed by atoms with Crippen molar-refractivity contribution in [1.29, 1.82) is 0 Å². The van der Waals surface area contributed by atoms with Gasteiger partial charge in [-0.3, -0.25) is 4.79 Å². The summed E-state index contributed by atoms with van der Waals surface area (Å²) in [5.41, 5.74) is 8.13. The zero-order chi connectivity index (χ0) is 18.0. The summed E-state index contributed by atoms with van der Waals surface area (Å²) in [4.78, 5) is 13.7. The first kappa shape index (κ1) is 17.7. The van der Waals surface area contributed by atoms with Crippen molar-refractivity contribution in [3.63, 3.8) is 0 Å². The molecule has 6 heteroatoms. The number of nitrogens with zero attached hydrogens (tertiary/aromatic N) is 1. The van der Waals surface area contributed by atoms with Gasteiger partial charge in [0.05, 0.1) is 5.56 Å². The molecule has 0 spiro atoms. The van der Waals surface area contributed by atoms with E-state index >= 15 is 0 Å². The number of nitrogens with one attached hydrogen (secondary N) is 1. The molecule has 0 saturated carbocycles. The van der Waals surface area contributed by atoms with Crippen molar-refractivity contribution in [1.82, 2.24) is 5.32 Å². The molecule has 1 heterocycles. The van der Waals surface area contributed by atoms with Crippen molar-refractivity contribution in [2.45, 2.75) is 25.9 Å². The first-order valence-corrected chi connectivity index (χ1v) is 8.65. The fraction of sp³-hybridized carbons (Fsp3) is 0.316. The number of hydrogen-bond donors (Lipinski definition) is 2. The number of anilines is 1. The van der Waals surface area contributed by atoms with E-state index in [-0.39, 0.29) is 11.9 Å². The molecule has 1 amide bonds. The SMILES string of the molecule is Cc1cc(F)c(CNC2CCN(c3ccccc3C(N)=O)C2)c(Cl)c1. The highest BCUT2D eigenvalue weighted by molar-refractivity contribution is 6.31. The maximum Gasteiger partial charge on any atom is 0.250 e. The van der Waals surface area contributed by atoms with Gasteiger partial charge in [0.1, 0.15) is 5.82 Å². The molecule has 1 saturated heterocycles. The molecule has 0 radical (unpaired) electrons. The number of amides is 1. The van der Waals surface area contributed by atoms with Crippen molar-refractivity contribution >= 4 is 23.2 Å². The third-order valence-corrected chi connectivity index (χ3v) is 4.89. The lowest BCUT2D eigenvalue weighted by atomic mass is 10.1. The maximum absolute atomic E-state index is 14.1. The zero-order valence-corrected chi connectivity index (χ0v) is 14.8. The number of benzene rings is 2. The number of carbonyl (C=O) groups excluding carboxylic acids is 1. The molecule has 132 valence electrons. The van der Waals surface area contributed by atoms with Crippen molar-refractivity contribution in [2.75, 3.05) is 18.0 Å². The van der Waals surface area contributed by atoms with Crippen molar-refractivity contribution in [2.24, 2.45) is 5.73 Å². The lowest BCUT2D eigenvalue weighted by Gasteiger charge is -2.21. The van der Waals surface area contributed by atoms with E-state index in [0.717, 1.165) is 30.8 Å². The van der Waals surface area contributed by atoms with Gasteiger partial charge in [0.25, 0.3) is 5.91 Å². The Bertz CT molecular complexity index is 773. The molecule has 25 heavy (non-hydrogen) atoms. The molecule has 3 rings (SSSR count).